The minimum atomic E-state index is -5.91. The average Bonchev–Trinajstić information content (AvgIpc) is 2.50. The highest BCUT2D eigenvalue weighted by molar-refractivity contribution is 14.1. The summed E-state index contributed by atoms with van der Waals surface area (Å²) in [5.41, 5.74) is 0. The Morgan fingerprint density at radius 2 is 1.38 bits per heavy atom. The number of carbonyl (C=O) groups is 1. The number of hydrogen-bond donors (Lipinski definition) is 1. The lowest BCUT2D eigenvalue weighted by Gasteiger charge is -2.12. The number of esters is 1. The van der Waals surface area contributed by atoms with Crippen LogP contribution in [-0.2, 0) is 14.9 Å². The van der Waals surface area contributed by atoms with E-state index in [9.17, 15) is 22.0 Å². The fraction of sp³-hybridized carbons (Fsp3) is 0.0714. The molecule has 0 bridgehead atoms. The van der Waals surface area contributed by atoms with E-state index >= 15 is 0 Å². The monoisotopic (exact) mass is 470 g/mol. The summed E-state index contributed by atoms with van der Waals surface area (Å²) in [6, 6.07) is 12.1. The lowest BCUT2D eigenvalue weighted by atomic mass is 10.3. The first-order chi connectivity index (χ1) is 11.1. The van der Waals surface area contributed by atoms with Gasteiger partial charge in [0.2, 0.25) is 0 Å². The number of carbonyl (C=O) groups excluding carboxylic acids is 1. The molecule has 6 nitrogen and oxygen atoms in total. The Morgan fingerprint density at radius 3 is 1.83 bits per heavy atom. The van der Waals surface area contributed by atoms with Gasteiger partial charge in [-0.15, -0.1) is 0 Å². The average molecular weight is 470 g/mol. The number of alkyl halides is 2. The van der Waals surface area contributed by atoms with Crippen molar-refractivity contribution in [3.05, 3.63) is 52.1 Å². The Kier molecular flexibility index (Phi) is 5.40. The van der Waals surface area contributed by atoms with Gasteiger partial charge in [-0.2, -0.15) is 17.2 Å². The second-order valence-corrected chi connectivity index (χ2v) is 7.12. The Balaban J connectivity index is 2.07. The molecule has 0 saturated heterocycles. The molecule has 0 aliphatic rings. The zero-order valence-electron chi connectivity index (χ0n) is 11.6. The van der Waals surface area contributed by atoms with Crippen molar-refractivity contribution in [2.75, 3.05) is 0 Å². The van der Waals surface area contributed by atoms with Gasteiger partial charge in [0.25, 0.3) is 0 Å². The quantitative estimate of drug-likeness (QED) is 0.312. The molecule has 0 radical (unpaired) electrons. The lowest BCUT2D eigenvalue weighted by Crippen LogP contribution is -2.40. The molecule has 10 heteroatoms. The van der Waals surface area contributed by atoms with Crippen molar-refractivity contribution >= 4 is 38.7 Å². The maximum absolute atomic E-state index is 13.1. The number of hydrogen-bond acceptors (Lipinski definition) is 5. The van der Waals surface area contributed by atoms with Gasteiger partial charge in [-0.1, -0.05) is 0 Å². The number of halogens is 3. The van der Waals surface area contributed by atoms with E-state index in [1.165, 1.54) is 12.1 Å². The van der Waals surface area contributed by atoms with Crippen molar-refractivity contribution in [2.45, 2.75) is 5.25 Å². The number of rotatable bonds is 5. The van der Waals surface area contributed by atoms with Gasteiger partial charge >= 0.3 is 21.3 Å². The van der Waals surface area contributed by atoms with Crippen molar-refractivity contribution < 1.29 is 36.0 Å². The molecule has 0 heterocycles. The Bertz CT molecular complexity index is 835. The van der Waals surface area contributed by atoms with Gasteiger partial charge in [0.05, 0.1) is 0 Å². The smallest absolute Gasteiger partial charge is 0.457 e. The predicted octanol–water partition coefficient (Wildman–Crippen LogP) is 3.47. The molecule has 0 aliphatic carbocycles. The molecule has 2 aromatic carbocycles. The second kappa shape index (κ2) is 6.99. The maximum Gasteiger partial charge on any atom is 0.466 e. The van der Waals surface area contributed by atoms with Crippen LogP contribution in [0.5, 0.6) is 17.2 Å². The van der Waals surface area contributed by atoms with Crippen LogP contribution >= 0.6 is 22.6 Å². The van der Waals surface area contributed by atoms with Crippen LogP contribution in [0.25, 0.3) is 0 Å². The van der Waals surface area contributed by atoms with Gasteiger partial charge in [0.1, 0.15) is 17.2 Å². The van der Waals surface area contributed by atoms with E-state index in [-0.39, 0.29) is 5.75 Å². The molecule has 0 saturated carbocycles. The maximum atomic E-state index is 13.1. The van der Waals surface area contributed by atoms with Gasteiger partial charge in [-0.25, -0.2) is 4.79 Å². The summed E-state index contributed by atoms with van der Waals surface area (Å²) >= 11 is 2.13. The second-order valence-electron chi connectivity index (χ2n) is 4.41. The Hall–Kier alpha value is -1.79. The molecule has 2 aromatic rings. The van der Waals surface area contributed by atoms with E-state index in [1.807, 2.05) is 12.1 Å². The van der Waals surface area contributed by atoms with Crippen LogP contribution in [0.4, 0.5) is 8.78 Å². The van der Waals surface area contributed by atoms with Crippen LogP contribution in [0.3, 0.4) is 0 Å². The molecule has 0 spiro atoms. The largest absolute Gasteiger partial charge is 0.466 e. The molecule has 0 amide bonds. The standard InChI is InChI=1S/C14H9F2IO6S/c15-14(16,24(19,20)21)13(18)23-12-7-5-11(6-8-12)22-10-3-1-9(17)2-4-10/h1-8H,(H,19,20,21). The predicted molar refractivity (Wildman–Crippen MR) is 87.8 cm³/mol. The molecule has 0 aliphatic heterocycles. The molecule has 24 heavy (non-hydrogen) atoms. The molecule has 0 atom stereocenters. The first kappa shape index (κ1) is 18.5. The van der Waals surface area contributed by atoms with Crippen LogP contribution < -0.4 is 9.47 Å². The van der Waals surface area contributed by atoms with E-state index < -0.39 is 21.3 Å². The fourth-order valence-electron chi connectivity index (χ4n) is 1.49. The summed E-state index contributed by atoms with van der Waals surface area (Å²) in [4.78, 5) is 11.1. The Morgan fingerprint density at radius 1 is 0.958 bits per heavy atom. The molecule has 0 aromatic heterocycles. The highest BCUT2D eigenvalue weighted by Gasteiger charge is 2.54. The van der Waals surface area contributed by atoms with Crippen LogP contribution in [0.1, 0.15) is 0 Å². The Labute approximate surface area is 149 Å². The van der Waals surface area contributed by atoms with E-state index in [0.29, 0.717) is 11.5 Å². The minimum Gasteiger partial charge on any atom is -0.457 e. The first-order valence-corrected chi connectivity index (χ1v) is 8.72. The van der Waals surface area contributed by atoms with E-state index in [4.69, 9.17) is 9.29 Å². The summed E-state index contributed by atoms with van der Waals surface area (Å²) in [7, 11) is -5.91. The molecular weight excluding hydrogens is 461 g/mol. The molecule has 1 N–H and O–H groups in total. The van der Waals surface area contributed by atoms with Crippen LogP contribution in [0.15, 0.2) is 48.5 Å². The van der Waals surface area contributed by atoms with E-state index in [1.54, 1.807) is 12.1 Å². The van der Waals surface area contributed by atoms with E-state index in [2.05, 4.69) is 27.3 Å². The van der Waals surface area contributed by atoms with Gasteiger partial charge in [-0.3, -0.25) is 4.55 Å². The lowest BCUT2D eigenvalue weighted by molar-refractivity contribution is -0.151. The fourth-order valence-corrected chi connectivity index (χ4v) is 2.10. The van der Waals surface area contributed by atoms with Crippen LogP contribution in [0.2, 0.25) is 0 Å². The van der Waals surface area contributed by atoms with Crippen LogP contribution in [-0.4, -0.2) is 24.2 Å². The van der Waals surface area contributed by atoms with Crippen molar-refractivity contribution in [3.63, 3.8) is 0 Å². The zero-order valence-corrected chi connectivity index (χ0v) is 14.6. The third-order valence-corrected chi connectivity index (χ3v) is 4.18. The molecule has 2 rings (SSSR count). The highest BCUT2D eigenvalue weighted by Crippen LogP contribution is 2.27. The number of ether oxygens (including phenoxy) is 2. The minimum absolute atomic E-state index is 0.335. The summed E-state index contributed by atoms with van der Waals surface area (Å²) < 4.78 is 66.1. The van der Waals surface area contributed by atoms with E-state index in [0.717, 1.165) is 15.7 Å². The third-order valence-electron chi connectivity index (χ3n) is 2.65. The summed E-state index contributed by atoms with van der Waals surface area (Å²) in [6.45, 7) is 0. The van der Waals surface area contributed by atoms with Gasteiger partial charge in [0, 0.05) is 3.57 Å². The summed E-state index contributed by atoms with van der Waals surface area (Å²) in [5.74, 6) is -1.86. The summed E-state index contributed by atoms with van der Waals surface area (Å²) in [5, 5.41) is -5.05. The molecule has 0 fully saturated rings. The molecular formula is C14H9F2IO6S. The summed E-state index contributed by atoms with van der Waals surface area (Å²) in [6.07, 6.45) is 0. The SMILES string of the molecule is O=C(Oc1ccc(Oc2ccc(I)cc2)cc1)C(F)(F)S(=O)(=O)O. The van der Waals surface area contributed by atoms with Crippen molar-refractivity contribution in [3.8, 4) is 17.2 Å². The van der Waals surface area contributed by atoms with Gasteiger partial charge in [-0.05, 0) is 71.1 Å². The highest BCUT2D eigenvalue weighted by atomic mass is 127. The third kappa shape index (κ3) is 4.39. The molecule has 0 unspecified atom stereocenters. The normalized spacial score (nSPS) is 11.8. The first-order valence-electron chi connectivity index (χ1n) is 6.20. The molecule has 128 valence electrons. The van der Waals surface area contributed by atoms with Crippen molar-refractivity contribution in [2.24, 2.45) is 0 Å². The van der Waals surface area contributed by atoms with Crippen molar-refractivity contribution in [1.82, 2.24) is 0 Å². The van der Waals surface area contributed by atoms with Crippen LogP contribution in [0, 0.1) is 3.57 Å². The number of benzene rings is 2. The topological polar surface area (TPSA) is 89.9 Å². The zero-order chi connectivity index (χ0) is 18.0. The van der Waals surface area contributed by atoms with Gasteiger partial charge < -0.3 is 9.47 Å². The van der Waals surface area contributed by atoms with Gasteiger partial charge in [0.15, 0.2) is 0 Å². The van der Waals surface area contributed by atoms with Crippen molar-refractivity contribution in [1.29, 1.82) is 0 Å².